The maximum Gasteiger partial charge on any atom is 0.269 e. The Bertz CT molecular complexity index is 1170. The first-order chi connectivity index (χ1) is 16.0. The van der Waals surface area contributed by atoms with Crippen molar-refractivity contribution in [2.45, 2.75) is 33.9 Å². The molecule has 176 valence electrons. The molecule has 4 rings (SSSR count). The number of aromatic nitrogens is 3. The summed E-state index contributed by atoms with van der Waals surface area (Å²) < 4.78 is 20.6. The van der Waals surface area contributed by atoms with Crippen molar-refractivity contribution in [2.24, 2.45) is 0 Å². The molecule has 1 fully saturated rings. The molecule has 1 aromatic carbocycles. The Hall–Kier alpha value is -2.88. The number of hydrogen-bond acceptors (Lipinski definition) is 7. The number of benzene rings is 1. The molecule has 0 saturated carbocycles. The van der Waals surface area contributed by atoms with Crippen LogP contribution in [0.15, 0.2) is 29.1 Å². The van der Waals surface area contributed by atoms with Crippen molar-refractivity contribution in [3.63, 3.8) is 0 Å². The van der Waals surface area contributed by atoms with E-state index in [1.54, 1.807) is 19.1 Å². The molecule has 0 spiro atoms. The summed E-state index contributed by atoms with van der Waals surface area (Å²) in [6.07, 6.45) is 0. The van der Waals surface area contributed by atoms with E-state index in [0.717, 1.165) is 49.8 Å². The van der Waals surface area contributed by atoms with Gasteiger partial charge in [-0.1, -0.05) is 13.0 Å². The van der Waals surface area contributed by atoms with Crippen molar-refractivity contribution in [3.8, 4) is 0 Å². The second-order valence-electron chi connectivity index (χ2n) is 8.35. The van der Waals surface area contributed by atoms with E-state index in [0.29, 0.717) is 36.7 Å². The summed E-state index contributed by atoms with van der Waals surface area (Å²) in [7, 11) is 0. The fourth-order valence-corrected chi connectivity index (χ4v) is 4.12. The van der Waals surface area contributed by atoms with E-state index in [1.165, 1.54) is 0 Å². The highest BCUT2D eigenvalue weighted by Crippen LogP contribution is 2.23. The van der Waals surface area contributed by atoms with Crippen LogP contribution in [0.2, 0.25) is 0 Å². The Labute approximate surface area is 192 Å². The number of nitrogens with one attached hydrogen (secondary N) is 2. The minimum Gasteiger partial charge on any atom is -0.368 e. The first-order valence-corrected chi connectivity index (χ1v) is 11.4. The number of piperazine rings is 1. The van der Waals surface area contributed by atoms with Crippen LogP contribution in [0.5, 0.6) is 0 Å². The molecule has 2 aromatic heterocycles. The smallest absolute Gasteiger partial charge is 0.269 e. The molecule has 0 unspecified atom stereocenters. The summed E-state index contributed by atoms with van der Waals surface area (Å²) >= 11 is 0. The van der Waals surface area contributed by atoms with E-state index in [4.69, 9.17) is 9.72 Å². The second kappa shape index (κ2) is 10.4. The first-order valence-electron chi connectivity index (χ1n) is 11.4. The van der Waals surface area contributed by atoms with Gasteiger partial charge in [0.25, 0.3) is 5.56 Å². The van der Waals surface area contributed by atoms with Gasteiger partial charge in [-0.3, -0.25) is 20.0 Å². The molecule has 3 aromatic rings. The number of fused-ring (bicyclic) bond motifs is 1. The molecule has 0 aliphatic carbocycles. The SMILES string of the molecule is CCNCOCc1ccc(N2CCN(Cc3ccc4nc(C)c(=O)[nH]c4c3F)CC2)c(C)n1. The largest absolute Gasteiger partial charge is 0.368 e. The number of anilines is 1. The predicted octanol–water partition coefficient (Wildman–Crippen LogP) is 2.48. The van der Waals surface area contributed by atoms with E-state index in [2.05, 4.69) is 31.2 Å². The molecule has 33 heavy (non-hydrogen) atoms. The molecular weight excluding hydrogens is 423 g/mol. The van der Waals surface area contributed by atoms with Crippen LogP contribution >= 0.6 is 0 Å². The van der Waals surface area contributed by atoms with Gasteiger partial charge < -0.3 is 14.6 Å². The topological polar surface area (TPSA) is 86.4 Å². The van der Waals surface area contributed by atoms with Crippen LogP contribution in [-0.4, -0.2) is 59.3 Å². The third kappa shape index (κ3) is 5.38. The maximum atomic E-state index is 15.0. The summed E-state index contributed by atoms with van der Waals surface area (Å²) in [6.45, 7) is 11.4. The lowest BCUT2D eigenvalue weighted by Crippen LogP contribution is -2.46. The Morgan fingerprint density at radius 1 is 1.09 bits per heavy atom. The number of aromatic amines is 1. The Balaban J connectivity index is 1.37. The summed E-state index contributed by atoms with van der Waals surface area (Å²) in [6, 6.07) is 7.66. The van der Waals surface area contributed by atoms with E-state index < -0.39 is 5.82 Å². The van der Waals surface area contributed by atoms with Crippen molar-refractivity contribution in [3.05, 3.63) is 63.1 Å². The van der Waals surface area contributed by atoms with Gasteiger partial charge in [-0.05, 0) is 38.6 Å². The van der Waals surface area contributed by atoms with E-state index in [9.17, 15) is 4.79 Å². The van der Waals surface area contributed by atoms with Gasteiger partial charge in [-0.15, -0.1) is 0 Å². The van der Waals surface area contributed by atoms with Crippen molar-refractivity contribution in [2.75, 3.05) is 44.4 Å². The number of pyridine rings is 1. The quantitative estimate of drug-likeness (QED) is 0.399. The second-order valence-corrected chi connectivity index (χ2v) is 8.35. The third-order valence-electron chi connectivity index (χ3n) is 5.98. The van der Waals surface area contributed by atoms with Crippen molar-refractivity contribution < 1.29 is 9.13 Å². The Morgan fingerprint density at radius 2 is 1.88 bits per heavy atom. The van der Waals surface area contributed by atoms with E-state index in [1.807, 2.05) is 19.9 Å². The average Bonchev–Trinajstić information content (AvgIpc) is 2.81. The van der Waals surface area contributed by atoms with Crippen LogP contribution in [0.25, 0.3) is 11.0 Å². The highest BCUT2D eigenvalue weighted by molar-refractivity contribution is 5.75. The van der Waals surface area contributed by atoms with E-state index >= 15 is 4.39 Å². The molecule has 9 heteroatoms. The van der Waals surface area contributed by atoms with Crippen molar-refractivity contribution in [1.82, 2.24) is 25.2 Å². The number of H-pyrrole nitrogens is 1. The van der Waals surface area contributed by atoms with Gasteiger partial charge in [0.05, 0.1) is 35.9 Å². The number of aryl methyl sites for hydroxylation is 2. The van der Waals surface area contributed by atoms with Crippen LogP contribution in [0, 0.1) is 19.7 Å². The van der Waals surface area contributed by atoms with Gasteiger partial charge in [0.15, 0.2) is 5.82 Å². The zero-order chi connectivity index (χ0) is 23.4. The Morgan fingerprint density at radius 3 is 2.61 bits per heavy atom. The minimum atomic E-state index is -0.397. The zero-order valence-corrected chi connectivity index (χ0v) is 19.4. The lowest BCUT2D eigenvalue weighted by molar-refractivity contribution is 0.102. The van der Waals surface area contributed by atoms with Crippen molar-refractivity contribution in [1.29, 1.82) is 0 Å². The molecule has 1 aliphatic rings. The van der Waals surface area contributed by atoms with Gasteiger partial charge in [-0.2, -0.15) is 0 Å². The van der Waals surface area contributed by atoms with E-state index in [-0.39, 0.29) is 11.1 Å². The summed E-state index contributed by atoms with van der Waals surface area (Å²) in [4.78, 5) is 27.9. The average molecular weight is 455 g/mol. The molecule has 0 radical (unpaired) electrons. The van der Waals surface area contributed by atoms with Gasteiger partial charge in [0, 0.05) is 38.3 Å². The van der Waals surface area contributed by atoms with Gasteiger partial charge in [-0.25, -0.2) is 9.37 Å². The van der Waals surface area contributed by atoms with Gasteiger partial charge in [0.2, 0.25) is 0 Å². The molecule has 0 bridgehead atoms. The third-order valence-corrected chi connectivity index (χ3v) is 5.98. The van der Waals surface area contributed by atoms with Crippen LogP contribution in [0.1, 0.15) is 29.6 Å². The first kappa shape index (κ1) is 23.3. The van der Waals surface area contributed by atoms with Crippen LogP contribution in [-0.2, 0) is 17.9 Å². The molecule has 8 nitrogen and oxygen atoms in total. The number of halogens is 1. The van der Waals surface area contributed by atoms with Crippen LogP contribution < -0.4 is 15.8 Å². The lowest BCUT2D eigenvalue weighted by Gasteiger charge is -2.36. The molecule has 1 saturated heterocycles. The van der Waals surface area contributed by atoms with Crippen molar-refractivity contribution >= 4 is 16.7 Å². The minimum absolute atomic E-state index is 0.179. The molecule has 1 aliphatic heterocycles. The monoisotopic (exact) mass is 454 g/mol. The van der Waals surface area contributed by atoms with Gasteiger partial charge >= 0.3 is 0 Å². The Kier molecular flexibility index (Phi) is 7.32. The number of ether oxygens (including phenoxy) is 1. The van der Waals surface area contributed by atoms with Gasteiger partial charge in [0.1, 0.15) is 11.2 Å². The molecule has 0 atom stereocenters. The highest BCUT2D eigenvalue weighted by Gasteiger charge is 2.21. The highest BCUT2D eigenvalue weighted by atomic mass is 19.1. The summed E-state index contributed by atoms with van der Waals surface area (Å²) in [5, 5.41) is 3.13. The van der Waals surface area contributed by atoms with Crippen LogP contribution in [0.4, 0.5) is 10.1 Å². The normalized spacial score (nSPS) is 14.8. The van der Waals surface area contributed by atoms with Crippen LogP contribution in [0.3, 0.4) is 0 Å². The molecule has 0 amide bonds. The number of nitrogens with zero attached hydrogens (tertiary/aromatic N) is 4. The maximum absolute atomic E-state index is 15.0. The summed E-state index contributed by atoms with van der Waals surface area (Å²) in [5.41, 5.74) is 4.23. The molecule has 3 heterocycles. The summed E-state index contributed by atoms with van der Waals surface area (Å²) in [5.74, 6) is -0.397. The lowest BCUT2D eigenvalue weighted by atomic mass is 10.1. The number of rotatable bonds is 8. The number of hydrogen-bond donors (Lipinski definition) is 2. The molecule has 2 N–H and O–H groups in total. The zero-order valence-electron chi connectivity index (χ0n) is 19.4. The molecular formula is C24H31FN6O2. The fraction of sp³-hybridized carbons (Fsp3) is 0.458. The fourth-order valence-electron chi connectivity index (χ4n) is 4.12. The standard InChI is InChI=1S/C24H31FN6O2/c1-4-26-15-33-14-19-6-8-21(16(2)27-19)31-11-9-30(10-12-31)13-18-5-7-20-23(22(18)25)29-24(32)17(3)28-20/h5-8,26H,4,9-15H2,1-3H3,(H,29,32). The predicted molar refractivity (Wildman–Crippen MR) is 127 cm³/mol.